The van der Waals surface area contributed by atoms with Crippen LogP contribution in [0.15, 0.2) is 4.52 Å². The lowest BCUT2D eigenvalue weighted by Gasteiger charge is -2.07. The van der Waals surface area contributed by atoms with Crippen molar-refractivity contribution in [3.05, 3.63) is 11.7 Å². The molecular formula is C10H15N3OS. The van der Waals surface area contributed by atoms with E-state index in [-0.39, 0.29) is 12.0 Å². The first kappa shape index (κ1) is 9.66. The molecule has 2 atom stereocenters. The van der Waals surface area contributed by atoms with Crippen LogP contribution in [-0.4, -0.2) is 27.7 Å². The molecule has 2 heterocycles. The highest BCUT2D eigenvalue weighted by atomic mass is 32.2. The van der Waals surface area contributed by atoms with E-state index >= 15 is 0 Å². The van der Waals surface area contributed by atoms with E-state index in [1.807, 2.05) is 11.8 Å². The first-order chi connectivity index (χ1) is 7.33. The standard InChI is InChI=1S/C10H15N3OS/c11-8-5-15-4-7(8)10-12-9(13-14-10)3-6-1-2-6/h6-8H,1-5,11H2. The van der Waals surface area contributed by atoms with Crippen LogP contribution in [0.3, 0.4) is 0 Å². The van der Waals surface area contributed by atoms with Crippen molar-refractivity contribution >= 4 is 11.8 Å². The zero-order valence-electron chi connectivity index (χ0n) is 8.56. The highest BCUT2D eigenvalue weighted by Crippen LogP contribution is 2.33. The number of nitrogens with two attached hydrogens (primary N) is 1. The fraction of sp³-hybridized carbons (Fsp3) is 0.800. The zero-order chi connectivity index (χ0) is 10.3. The summed E-state index contributed by atoms with van der Waals surface area (Å²) in [5.74, 6) is 4.73. The summed E-state index contributed by atoms with van der Waals surface area (Å²) in [6, 6.07) is 0.184. The Balaban J connectivity index is 1.71. The van der Waals surface area contributed by atoms with Crippen LogP contribution in [0.4, 0.5) is 0 Å². The summed E-state index contributed by atoms with van der Waals surface area (Å²) in [5.41, 5.74) is 5.99. The first-order valence-electron chi connectivity index (χ1n) is 5.49. The Morgan fingerprint density at radius 3 is 2.93 bits per heavy atom. The van der Waals surface area contributed by atoms with Crippen LogP contribution in [0, 0.1) is 5.92 Å². The SMILES string of the molecule is NC1CSCC1c1nc(CC2CC2)no1. The van der Waals surface area contributed by atoms with Gasteiger partial charge in [-0.2, -0.15) is 16.7 Å². The van der Waals surface area contributed by atoms with Gasteiger partial charge in [-0.05, 0) is 18.8 Å². The van der Waals surface area contributed by atoms with E-state index in [0.29, 0.717) is 0 Å². The molecule has 1 aliphatic heterocycles. The van der Waals surface area contributed by atoms with Crippen molar-refractivity contribution in [3.8, 4) is 0 Å². The van der Waals surface area contributed by atoms with E-state index in [9.17, 15) is 0 Å². The number of hydrogen-bond acceptors (Lipinski definition) is 5. The minimum atomic E-state index is 0.184. The van der Waals surface area contributed by atoms with Gasteiger partial charge in [0.05, 0.1) is 5.92 Å². The molecule has 0 aromatic carbocycles. The lowest BCUT2D eigenvalue weighted by Crippen LogP contribution is -2.26. The van der Waals surface area contributed by atoms with Gasteiger partial charge < -0.3 is 10.3 Å². The third kappa shape index (κ3) is 2.03. The maximum Gasteiger partial charge on any atom is 0.232 e. The Bertz CT molecular complexity index is 350. The van der Waals surface area contributed by atoms with Crippen LogP contribution in [0.1, 0.15) is 30.5 Å². The first-order valence-corrected chi connectivity index (χ1v) is 6.64. The molecule has 2 fully saturated rings. The van der Waals surface area contributed by atoms with Crippen molar-refractivity contribution in [2.24, 2.45) is 11.7 Å². The lowest BCUT2D eigenvalue weighted by molar-refractivity contribution is 0.348. The quantitative estimate of drug-likeness (QED) is 0.836. The third-order valence-electron chi connectivity index (χ3n) is 3.09. The Hall–Kier alpha value is -0.550. The molecule has 15 heavy (non-hydrogen) atoms. The van der Waals surface area contributed by atoms with Crippen LogP contribution < -0.4 is 5.73 Å². The van der Waals surface area contributed by atoms with Crippen LogP contribution >= 0.6 is 11.8 Å². The summed E-state index contributed by atoms with van der Waals surface area (Å²) < 4.78 is 5.29. The number of nitrogens with zero attached hydrogens (tertiary/aromatic N) is 2. The van der Waals surface area contributed by atoms with Gasteiger partial charge in [0.25, 0.3) is 0 Å². The molecule has 1 saturated carbocycles. The molecule has 0 amide bonds. The van der Waals surface area contributed by atoms with E-state index in [0.717, 1.165) is 35.6 Å². The summed E-state index contributed by atoms with van der Waals surface area (Å²) in [4.78, 5) is 4.45. The van der Waals surface area contributed by atoms with Gasteiger partial charge in [-0.3, -0.25) is 0 Å². The smallest absolute Gasteiger partial charge is 0.232 e. The van der Waals surface area contributed by atoms with E-state index in [2.05, 4.69) is 10.1 Å². The molecule has 0 spiro atoms. The molecular weight excluding hydrogens is 210 g/mol. The molecule has 5 heteroatoms. The molecule has 1 saturated heterocycles. The minimum Gasteiger partial charge on any atom is -0.339 e. The average Bonchev–Trinajstić information content (AvgIpc) is 2.74. The fourth-order valence-corrected chi connectivity index (χ4v) is 3.19. The molecule has 4 nitrogen and oxygen atoms in total. The predicted molar refractivity (Wildman–Crippen MR) is 58.8 cm³/mol. The second-order valence-electron chi connectivity index (χ2n) is 4.50. The van der Waals surface area contributed by atoms with Gasteiger partial charge in [0.2, 0.25) is 5.89 Å². The number of aromatic nitrogens is 2. The van der Waals surface area contributed by atoms with Crippen LogP contribution in [0.2, 0.25) is 0 Å². The second-order valence-corrected chi connectivity index (χ2v) is 5.58. The van der Waals surface area contributed by atoms with Gasteiger partial charge in [0.1, 0.15) is 0 Å². The molecule has 1 aromatic heterocycles. The average molecular weight is 225 g/mol. The molecule has 2 N–H and O–H groups in total. The number of thioether (sulfide) groups is 1. The van der Waals surface area contributed by atoms with Crippen molar-refractivity contribution < 1.29 is 4.52 Å². The number of hydrogen-bond donors (Lipinski definition) is 1. The molecule has 2 aliphatic rings. The van der Waals surface area contributed by atoms with Gasteiger partial charge in [0, 0.05) is 24.0 Å². The molecule has 1 aromatic rings. The van der Waals surface area contributed by atoms with Gasteiger partial charge in [-0.15, -0.1) is 0 Å². The molecule has 0 radical (unpaired) electrons. The molecule has 3 rings (SSSR count). The largest absolute Gasteiger partial charge is 0.339 e. The zero-order valence-corrected chi connectivity index (χ0v) is 9.37. The Kier molecular flexibility index (Phi) is 2.44. The summed E-state index contributed by atoms with van der Waals surface area (Å²) in [7, 11) is 0. The van der Waals surface area contributed by atoms with Gasteiger partial charge in [0.15, 0.2) is 5.82 Å². The molecule has 82 valence electrons. The van der Waals surface area contributed by atoms with Crippen LogP contribution in [-0.2, 0) is 6.42 Å². The van der Waals surface area contributed by atoms with Crippen molar-refractivity contribution in [1.82, 2.24) is 10.1 Å². The fourth-order valence-electron chi connectivity index (χ4n) is 1.91. The Morgan fingerprint density at radius 2 is 2.27 bits per heavy atom. The van der Waals surface area contributed by atoms with Crippen molar-refractivity contribution in [3.63, 3.8) is 0 Å². The topological polar surface area (TPSA) is 64.9 Å². The van der Waals surface area contributed by atoms with Crippen molar-refractivity contribution in [2.75, 3.05) is 11.5 Å². The Morgan fingerprint density at radius 1 is 1.40 bits per heavy atom. The normalized spacial score (nSPS) is 31.0. The maximum atomic E-state index is 5.99. The summed E-state index contributed by atoms with van der Waals surface area (Å²) in [5, 5.41) is 4.02. The van der Waals surface area contributed by atoms with Crippen LogP contribution in [0.25, 0.3) is 0 Å². The van der Waals surface area contributed by atoms with Crippen molar-refractivity contribution in [1.29, 1.82) is 0 Å². The molecule has 0 bridgehead atoms. The minimum absolute atomic E-state index is 0.184. The summed E-state index contributed by atoms with van der Waals surface area (Å²) in [6.45, 7) is 0. The van der Waals surface area contributed by atoms with Gasteiger partial charge in [-0.25, -0.2) is 0 Å². The third-order valence-corrected chi connectivity index (χ3v) is 4.31. The Labute approximate surface area is 93.0 Å². The number of rotatable bonds is 3. The van der Waals surface area contributed by atoms with E-state index < -0.39 is 0 Å². The monoisotopic (exact) mass is 225 g/mol. The van der Waals surface area contributed by atoms with E-state index in [4.69, 9.17) is 10.3 Å². The summed E-state index contributed by atoms with van der Waals surface area (Å²) >= 11 is 1.87. The highest BCUT2D eigenvalue weighted by Gasteiger charge is 2.31. The molecule has 1 aliphatic carbocycles. The summed E-state index contributed by atoms with van der Waals surface area (Å²) in [6.07, 6.45) is 3.63. The second kappa shape index (κ2) is 3.79. The maximum absolute atomic E-state index is 5.99. The van der Waals surface area contributed by atoms with Crippen LogP contribution in [0.5, 0.6) is 0 Å². The van der Waals surface area contributed by atoms with Gasteiger partial charge in [-0.1, -0.05) is 5.16 Å². The molecule has 2 unspecified atom stereocenters. The van der Waals surface area contributed by atoms with E-state index in [1.165, 1.54) is 12.8 Å². The van der Waals surface area contributed by atoms with Crippen molar-refractivity contribution in [2.45, 2.75) is 31.2 Å². The lowest BCUT2D eigenvalue weighted by atomic mass is 10.1. The predicted octanol–water partition coefficient (Wildman–Crippen LogP) is 1.18. The highest BCUT2D eigenvalue weighted by molar-refractivity contribution is 7.99. The van der Waals surface area contributed by atoms with E-state index in [1.54, 1.807) is 0 Å². The van der Waals surface area contributed by atoms with Gasteiger partial charge >= 0.3 is 0 Å².